The summed E-state index contributed by atoms with van der Waals surface area (Å²) < 4.78 is 5.51. The summed E-state index contributed by atoms with van der Waals surface area (Å²) in [5.74, 6) is 1.25. The molecule has 0 spiro atoms. The minimum atomic E-state index is -1.06. The fourth-order valence-electron chi connectivity index (χ4n) is 2.11. The Morgan fingerprint density at radius 1 is 1.47 bits per heavy atom. The van der Waals surface area contributed by atoms with Gasteiger partial charge in [-0.1, -0.05) is 5.92 Å². The molecule has 6 heteroatoms. The van der Waals surface area contributed by atoms with Crippen LogP contribution >= 0.6 is 0 Å². The van der Waals surface area contributed by atoms with Crippen LogP contribution in [0.5, 0.6) is 0 Å². The SMILES string of the molecule is C#CCN(CC(=O)O)C(=O)N1CCC(OCC)CC1. The van der Waals surface area contributed by atoms with Crippen molar-refractivity contribution in [1.29, 1.82) is 0 Å². The number of carboxylic acids is 1. The molecule has 0 aromatic rings. The zero-order valence-corrected chi connectivity index (χ0v) is 11.2. The lowest BCUT2D eigenvalue weighted by atomic mass is 10.1. The van der Waals surface area contributed by atoms with Gasteiger partial charge in [-0.2, -0.15) is 0 Å². The van der Waals surface area contributed by atoms with E-state index in [9.17, 15) is 9.59 Å². The normalized spacial score (nSPS) is 15.9. The van der Waals surface area contributed by atoms with Crippen LogP contribution in [0.1, 0.15) is 19.8 Å². The molecule has 0 aromatic carbocycles. The summed E-state index contributed by atoms with van der Waals surface area (Å²) in [6, 6.07) is -0.310. The molecule has 1 aliphatic rings. The second-order valence-electron chi connectivity index (χ2n) is 4.38. The summed E-state index contributed by atoms with van der Waals surface area (Å²) >= 11 is 0. The molecule has 1 rings (SSSR count). The summed E-state index contributed by atoms with van der Waals surface area (Å²) in [6.07, 6.45) is 6.90. The Hall–Kier alpha value is -1.74. The molecule has 1 saturated heterocycles. The highest BCUT2D eigenvalue weighted by Crippen LogP contribution is 2.15. The van der Waals surface area contributed by atoms with Crippen molar-refractivity contribution < 1.29 is 19.4 Å². The Labute approximate surface area is 113 Å². The number of carbonyl (C=O) groups excluding carboxylic acids is 1. The van der Waals surface area contributed by atoms with E-state index in [1.165, 1.54) is 4.90 Å². The van der Waals surface area contributed by atoms with Gasteiger partial charge < -0.3 is 19.6 Å². The van der Waals surface area contributed by atoms with Crippen molar-refractivity contribution in [1.82, 2.24) is 9.80 Å². The highest BCUT2D eigenvalue weighted by molar-refractivity contribution is 5.80. The monoisotopic (exact) mass is 268 g/mol. The standard InChI is InChI=1S/C13H20N2O4/c1-3-7-15(10-12(16)17)13(18)14-8-5-11(6-9-14)19-4-2/h1,11H,4-10H2,2H3,(H,16,17). The number of piperidine rings is 1. The molecule has 106 valence electrons. The van der Waals surface area contributed by atoms with E-state index in [1.807, 2.05) is 6.92 Å². The van der Waals surface area contributed by atoms with Crippen LogP contribution in [0.25, 0.3) is 0 Å². The Morgan fingerprint density at radius 2 is 2.11 bits per heavy atom. The van der Waals surface area contributed by atoms with Gasteiger partial charge >= 0.3 is 12.0 Å². The van der Waals surface area contributed by atoms with E-state index < -0.39 is 5.97 Å². The summed E-state index contributed by atoms with van der Waals surface area (Å²) in [5.41, 5.74) is 0. The van der Waals surface area contributed by atoms with Crippen LogP contribution in [0.4, 0.5) is 4.79 Å². The van der Waals surface area contributed by atoms with Crippen molar-refractivity contribution >= 4 is 12.0 Å². The lowest BCUT2D eigenvalue weighted by Crippen LogP contribution is -2.49. The Balaban J connectivity index is 2.52. The Morgan fingerprint density at radius 3 is 2.58 bits per heavy atom. The van der Waals surface area contributed by atoms with Gasteiger partial charge in [0, 0.05) is 19.7 Å². The fraction of sp³-hybridized carbons (Fsp3) is 0.692. The molecule has 6 nitrogen and oxygen atoms in total. The van der Waals surface area contributed by atoms with Gasteiger partial charge in [0.15, 0.2) is 0 Å². The zero-order chi connectivity index (χ0) is 14.3. The molecule has 0 saturated carbocycles. The van der Waals surface area contributed by atoms with Gasteiger partial charge in [0.05, 0.1) is 12.6 Å². The highest BCUT2D eigenvalue weighted by atomic mass is 16.5. The number of likely N-dealkylation sites (tertiary alicyclic amines) is 1. The number of aliphatic carboxylic acids is 1. The molecular weight excluding hydrogens is 248 g/mol. The minimum Gasteiger partial charge on any atom is -0.480 e. The minimum absolute atomic E-state index is 0.0104. The molecule has 0 aliphatic carbocycles. The third-order valence-electron chi connectivity index (χ3n) is 2.99. The van der Waals surface area contributed by atoms with E-state index in [-0.39, 0.29) is 25.2 Å². The van der Waals surface area contributed by atoms with Crippen LogP contribution in [0.15, 0.2) is 0 Å². The van der Waals surface area contributed by atoms with E-state index in [1.54, 1.807) is 4.90 Å². The summed E-state index contributed by atoms with van der Waals surface area (Å²) in [6.45, 7) is 3.40. The summed E-state index contributed by atoms with van der Waals surface area (Å²) in [4.78, 5) is 25.7. The number of hydrogen-bond donors (Lipinski definition) is 1. The van der Waals surface area contributed by atoms with E-state index in [0.717, 1.165) is 12.8 Å². The van der Waals surface area contributed by atoms with Gasteiger partial charge in [-0.15, -0.1) is 6.42 Å². The maximum absolute atomic E-state index is 12.1. The average molecular weight is 268 g/mol. The van der Waals surface area contributed by atoms with Crippen molar-refractivity contribution in [3.05, 3.63) is 0 Å². The van der Waals surface area contributed by atoms with Crippen molar-refractivity contribution in [2.45, 2.75) is 25.9 Å². The van der Waals surface area contributed by atoms with Crippen LogP contribution in [0.2, 0.25) is 0 Å². The number of carboxylic acid groups (broad SMARTS) is 1. The molecule has 0 unspecified atom stereocenters. The van der Waals surface area contributed by atoms with Crippen LogP contribution in [-0.4, -0.2) is 65.8 Å². The van der Waals surface area contributed by atoms with Crippen LogP contribution in [0, 0.1) is 12.3 Å². The van der Waals surface area contributed by atoms with E-state index in [2.05, 4.69) is 5.92 Å². The van der Waals surface area contributed by atoms with Gasteiger partial charge in [-0.05, 0) is 19.8 Å². The average Bonchev–Trinajstić information content (AvgIpc) is 2.38. The quantitative estimate of drug-likeness (QED) is 0.742. The number of carbonyl (C=O) groups is 2. The summed E-state index contributed by atoms with van der Waals surface area (Å²) in [5, 5.41) is 8.77. The van der Waals surface area contributed by atoms with E-state index in [4.69, 9.17) is 16.3 Å². The molecular formula is C13H20N2O4. The van der Waals surface area contributed by atoms with Crippen LogP contribution < -0.4 is 0 Å². The predicted octanol–water partition coefficient (Wildman–Crippen LogP) is 0.627. The maximum Gasteiger partial charge on any atom is 0.323 e. The van der Waals surface area contributed by atoms with E-state index in [0.29, 0.717) is 19.7 Å². The molecule has 0 bridgehead atoms. The van der Waals surface area contributed by atoms with E-state index >= 15 is 0 Å². The van der Waals surface area contributed by atoms with Gasteiger partial charge in [0.2, 0.25) is 0 Å². The second kappa shape index (κ2) is 7.64. The maximum atomic E-state index is 12.1. The number of hydrogen-bond acceptors (Lipinski definition) is 3. The van der Waals surface area contributed by atoms with Crippen LogP contribution in [-0.2, 0) is 9.53 Å². The molecule has 0 aromatic heterocycles. The zero-order valence-electron chi connectivity index (χ0n) is 11.2. The number of nitrogens with zero attached hydrogens (tertiary/aromatic N) is 2. The first-order valence-corrected chi connectivity index (χ1v) is 6.39. The number of terminal acetylenes is 1. The first-order chi connectivity index (χ1) is 9.08. The molecule has 1 aliphatic heterocycles. The fourth-order valence-corrected chi connectivity index (χ4v) is 2.11. The van der Waals surface area contributed by atoms with Crippen molar-refractivity contribution in [2.24, 2.45) is 0 Å². The third kappa shape index (κ3) is 4.79. The molecule has 2 amide bonds. The lowest BCUT2D eigenvalue weighted by Gasteiger charge is -2.34. The van der Waals surface area contributed by atoms with Crippen LogP contribution in [0.3, 0.4) is 0 Å². The molecule has 0 atom stereocenters. The Bertz CT molecular complexity index is 356. The molecule has 19 heavy (non-hydrogen) atoms. The number of rotatable bonds is 5. The lowest BCUT2D eigenvalue weighted by molar-refractivity contribution is -0.137. The second-order valence-corrected chi connectivity index (χ2v) is 4.38. The molecule has 0 radical (unpaired) electrons. The van der Waals surface area contributed by atoms with Gasteiger partial charge in [-0.25, -0.2) is 4.79 Å². The number of urea groups is 1. The molecule has 1 N–H and O–H groups in total. The smallest absolute Gasteiger partial charge is 0.323 e. The molecule has 1 fully saturated rings. The van der Waals surface area contributed by atoms with Gasteiger partial charge in [0.1, 0.15) is 6.54 Å². The summed E-state index contributed by atoms with van der Waals surface area (Å²) in [7, 11) is 0. The number of ether oxygens (including phenoxy) is 1. The highest BCUT2D eigenvalue weighted by Gasteiger charge is 2.27. The first kappa shape index (κ1) is 15.3. The first-order valence-electron chi connectivity index (χ1n) is 6.39. The van der Waals surface area contributed by atoms with Gasteiger partial charge in [0.25, 0.3) is 0 Å². The van der Waals surface area contributed by atoms with Crippen molar-refractivity contribution in [3.8, 4) is 12.3 Å². The van der Waals surface area contributed by atoms with Gasteiger partial charge in [-0.3, -0.25) is 4.79 Å². The predicted molar refractivity (Wildman–Crippen MR) is 69.7 cm³/mol. The topological polar surface area (TPSA) is 70.1 Å². The third-order valence-corrected chi connectivity index (χ3v) is 2.99. The number of amides is 2. The van der Waals surface area contributed by atoms with Crippen molar-refractivity contribution in [3.63, 3.8) is 0 Å². The van der Waals surface area contributed by atoms with Crippen molar-refractivity contribution in [2.75, 3.05) is 32.8 Å². The Kier molecular flexibility index (Phi) is 6.16. The largest absolute Gasteiger partial charge is 0.480 e. The molecule has 1 heterocycles.